The monoisotopic (exact) mass is 260 g/mol. The van der Waals surface area contributed by atoms with E-state index < -0.39 is 0 Å². The number of rotatable bonds is 5. The molecule has 0 aliphatic carbocycles. The Morgan fingerprint density at radius 3 is 2.84 bits per heavy atom. The van der Waals surface area contributed by atoms with Gasteiger partial charge in [0.2, 0.25) is 0 Å². The van der Waals surface area contributed by atoms with Gasteiger partial charge in [0.05, 0.1) is 12.7 Å². The number of amides is 1. The molecule has 0 spiro atoms. The minimum absolute atomic E-state index is 0.240. The molecule has 6 heteroatoms. The number of nitrogens with one attached hydrogen (secondary N) is 1. The summed E-state index contributed by atoms with van der Waals surface area (Å²) in [6, 6.07) is 6.08. The standard InChI is InChI=1S/C13H13FN4O/c1-2-7-15-13(19)12-9-18(17-16-12)8-10-3-5-11(14)6-4-10/h2-6,9H,1,7-8H2,(H,15,19). The predicted octanol–water partition coefficient (Wildman–Crippen LogP) is 1.38. The first-order valence-electron chi connectivity index (χ1n) is 5.72. The van der Waals surface area contributed by atoms with Crippen molar-refractivity contribution in [3.05, 3.63) is 60.2 Å². The van der Waals surface area contributed by atoms with Crippen LogP contribution >= 0.6 is 0 Å². The van der Waals surface area contributed by atoms with E-state index in [1.807, 2.05) is 0 Å². The van der Waals surface area contributed by atoms with Crippen molar-refractivity contribution >= 4 is 5.91 Å². The fourth-order valence-electron chi connectivity index (χ4n) is 1.51. The minimum Gasteiger partial charge on any atom is -0.347 e. The van der Waals surface area contributed by atoms with Crippen LogP contribution in [0.15, 0.2) is 43.1 Å². The minimum atomic E-state index is -0.301. The molecule has 1 aromatic heterocycles. The van der Waals surface area contributed by atoms with Crippen LogP contribution in [0, 0.1) is 5.82 Å². The molecule has 2 rings (SSSR count). The van der Waals surface area contributed by atoms with Gasteiger partial charge in [0.15, 0.2) is 5.69 Å². The largest absolute Gasteiger partial charge is 0.347 e. The fourth-order valence-corrected chi connectivity index (χ4v) is 1.51. The molecule has 0 unspecified atom stereocenters. The molecule has 0 saturated heterocycles. The molecular formula is C13H13FN4O. The predicted molar refractivity (Wildman–Crippen MR) is 68.1 cm³/mol. The molecule has 0 fully saturated rings. The highest BCUT2D eigenvalue weighted by atomic mass is 19.1. The maximum Gasteiger partial charge on any atom is 0.273 e. The first-order chi connectivity index (χ1) is 9.19. The van der Waals surface area contributed by atoms with Gasteiger partial charge in [-0.2, -0.15) is 0 Å². The summed E-state index contributed by atoms with van der Waals surface area (Å²) < 4.78 is 14.3. The number of halogens is 1. The molecule has 1 N–H and O–H groups in total. The average Bonchev–Trinajstić information content (AvgIpc) is 2.87. The van der Waals surface area contributed by atoms with Gasteiger partial charge in [-0.3, -0.25) is 4.79 Å². The van der Waals surface area contributed by atoms with Gasteiger partial charge in [-0.15, -0.1) is 11.7 Å². The molecule has 5 nitrogen and oxygen atoms in total. The second-order valence-corrected chi connectivity index (χ2v) is 3.93. The van der Waals surface area contributed by atoms with E-state index in [0.29, 0.717) is 13.1 Å². The van der Waals surface area contributed by atoms with Crippen LogP contribution in [0.1, 0.15) is 16.1 Å². The summed E-state index contributed by atoms with van der Waals surface area (Å²) in [5.74, 6) is -0.586. The third kappa shape index (κ3) is 3.48. The second-order valence-electron chi connectivity index (χ2n) is 3.93. The Hall–Kier alpha value is -2.50. The highest BCUT2D eigenvalue weighted by molar-refractivity contribution is 5.91. The zero-order chi connectivity index (χ0) is 13.7. The van der Waals surface area contributed by atoms with Gasteiger partial charge in [-0.1, -0.05) is 23.4 Å². The van der Waals surface area contributed by atoms with Crippen LogP contribution in [-0.2, 0) is 6.54 Å². The number of nitrogens with zero attached hydrogens (tertiary/aromatic N) is 3. The molecule has 0 aliphatic heterocycles. The Morgan fingerprint density at radius 2 is 2.16 bits per heavy atom. The summed E-state index contributed by atoms with van der Waals surface area (Å²) in [6.45, 7) is 4.32. The van der Waals surface area contributed by atoms with Gasteiger partial charge in [0.25, 0.3) is 5.91 Å². The van der Waals surface area contributed by atoms with E-state index >= 15 is 0 Å². The van der Waals surface area contributed by atoms with Gasteiger partial charge < -0.3 is 5.32 Å². The molecular weight excluding hydrogens is 247 g/mol. The number of carbonyl (C=O) groups excluding carboxylic acids is 1. The summed E-state index contributed by atoms with van der Waals surface area (Å²) >= 11 is 0. The Labute approximate surface area is 109 Å². The zero-order valence-corrected chi connectivity index (χ0v) is 10.2. The van der Waals surface area contributed by atoms with Crippen molar-refractivity contribution in [3.63, 3.8) is 0 Å². The molecule has 98 valence electrons. The molecule has 0 saturated carbocycles. The normalized spacial score (nSPS) is 10.2. The van der Waals surface area contributed by atoms with Gasteiger partial charge in [-0.25, -0.2) is 9.07 Å². The summed E-state index contributed by atoms with van der Waals surface area (Å²) in [5.41, 5.74) is 1.12. The van der Waals surface area contributed by atoms with Crippen molar-refractivity contribution in [2.45, 2.75) is 6.54 Å². The highest BCUT2D eigenvalue weighted by Crippen LogP contribution is 2.05. The van der Waals surface area contributed by atoms with Crippen LogP contribution in [0.4, 0.5) is 4.39 Å². The van der Waals surface area contributed by atoms with Crippen LogP contribution < -0.4 is 5.32 Å². The summed E-state index contributed by atoms with van der Waals surface area (Å²) in [5, 5.41) is 10.2. The molecule has 2 aromatic rings. The van der Waals surface area contributed by atoms with E-state index in [-0.39, 0.29) is 17.4 Å². The maximum atomic E-state index is 12.8. The number of benzene rings is 1. The van der Waals surface area contributed by atoms with E-state index in [0.717, 1.165) is 5.56 Å². The quantitative estimate of drug-likeness (QED) is 0.826. The molecule has 1 aromatic carbocycles. The summed E-state index contributed by atoms with van der Waals surface area (Å²) in [7, 11) is 0. The molecule has 1 heterocycles. The highest BCUT2D eigenvalue weighted by Gasteiger charge is 2.09. The molecule has 19 heavy (non-hydrogen) atoms. The molecule has 0 bridgehead atoms. The van der Waals surface area contributed by atoms with Crippen molar-refractivity contribution in [1.82, 2.24) is 20.3 Å². The van der Waals surface area contributed by atoms with Gasteiger partial charge in [-0.05, 0) is 17.7 Å². The molecule has 1 amide bonds. The van der Waals surface area contributed by atoms with Crippen molar-refractivity contribution < 1.29 is 9.18 Å². The molecule has 0 radical (unpaired) electrons. The van der Waals surface area contributed by atoms with Gasteiger partial charge >= 0.3 is 0 Å². The maximum absolute atomic E-state index is 12.8. The third-order valence-electron chi connectivity index (χ3n) is 2.44. The SMILES string of the molecule is C=CCNC(=O)c1cn(Cc2ccc(F)cc2)nn1. The first kappa shape index (κ1) is 12.9. The van der Waals surface area contributed by atoms with Crippen molar-refractivity contribution in [3.8, 4) is 0 Å². The lowest BCUT2D eigenvalue weighted by atomic mass is 10.2. The van der Waals surface area contributed by atoms with Crippen LogP contribution in [0.5, 0.6) is 0 Å². The fraction of sp³-hybridized carbons (Fsp3) is 0.154. The smallest absolute Gasteiger partial charge is 0.273 e. The van der Waals surface area contributed by atoms with E-state index in [9.17, 15) is 9.18 Å². The Bertz CT molecular complexity index is 577. The number of carbonyl (C=O) groups is 1. The summed E-state index contributed by atoms with van der Waals surface area (Å²) in [6.07, 6.45) is 3.13. The Kier molecular flexibility index (Phi) is 4.02. The van der Waals surface area contributed by atoms with E-state index in [4.69, 9.17) is 0 Å². The van der Waals surface area contributed by atoms with Gasteiger partial charge in [0, 0.05) is 6.54 Å². The van der Waals surface area contributed by atoms with Crippen molar-refractivity contribution in [2.75, 3.05) is 6.54 Å². The van der Waals surface area contributed by atoms with Crippen LogP contribution in [0.3, 0.4) is 0 Å². The number of aromatic nitrogens is 3. The van der Waals surface area contributed by atoms with Crippen molar-refractivity contribution in [2.24, 2.45) is 0 Å². The lowest BCUT2D eigenvalue weighted by molar-refractivity contribution is 0.0953. The second kappa shape index (κ2) is 5.90. The van der Waals surface area contributed by atoms with Crippen LogP contribution in [0.25, 0.3) is 0 Å². The lowest BCUT2D eigenvalue weighted by Gasteiger charge is -2.00. The van der Waals surface area contributed by atoms with Crippen LogP contribution in [0.2, 0.25) is 0 Å². The van der Waals surface area contributed by atoms with Crippen LogP contribution in [-0.4, -0.2) is 27.4 Å². The lowest BCUT2D eigenvalue weighted by Crippen LogP contribution is -2.23. The summed E-state index contributed by atoms with van der Waals surface area (Å²) in [4.78, 5) is 11.6. The van der Waals surface area contributed by atoms with E-state index in [1.165, 1.54) is 16.8 Å². The van der Waals surface area contributed by atoms with E-state index in [2.05, 4.69) is 22.2 Å². The molecule has 0 aliphatic rings. The Morgan fingerprint density at radius 1 is 1.42 bits per heavy atom. The third-order valence-corrected chi connectivity index (χ3v) is 2.44. The van der Waals surface area contributed by atoms with Crippen molar-refractivity contribution in [1.29, 1.82) is 0 Å². The molecule has 0 atom stereocenters. The topological polar surface area (TPSA) is 59.8 Å². The zero-order valence-electron chi connectivity index (χ0n) is 10.2. The number of hydrogen-bond acceptors (Lipinski definition) is 3. The Balaban J connectivity index is 2.02. The average molecular weight is 260 g/mol. The first-order valence-corrected chi connectivity index (χ1v) is 5.72. The number of hydrogen-bond donors (Lipinski definition) is 1. The van der Waals surface area contributed by atoms with E-state index in [1.54, 1.807) is 24.4 Å². The van der Waals surface area contributed by atoms with Gasteiger partial charge in [0.1, 0.15) is 5.82 Å².